The van der Waals surface area contributed by atoms with Gasteiger partial charge >= 0.3 is 0 Å². The van der Waals surface area contributed by atoms with Gasteiger partial charge in [0.15, 0.2) is 6.29 Å². The molecule has 11 heteroatoms. The van der Waals surface area contributed by atoms with E-state index in [4.69, 9.17) is 26.3 Å². The maximum atomic E-state index is 12.5. The lowest BCUT2D eigenvalue weighted by Crippen LogP contribution is -2.46. The maximum absolute atomic E-state index is 12.5. The van der Waals surface area contributed by atoms with Crippen molar-refractivity contribution in [2.75, 3.05) is 19.6 Å². The number of nitrogens with zero attached hydrogens (tertiary/aromatic N) is 1. The van der Waals surface area contributed by atoms with E-state index < -0.39 is 17.8 Å². The van der Waals surface area contributed by atoms with Crippen LogP contribution in [0.1, 0.15) is 85.2 Å². The Morgan fingerprint density at radius 2 is 1.49 bits per heavy atom. The zero-order chi connectivity index (χ0) is 37.2. The first kappa shape index (κ1) is 38.6. The maximum Gasteiger partial charge on any atom is 0.243 e. The van der Waals surface area contributed by atoms with Crippen molar-refractivity contribution in [1.82, 2.24) is 15.7 Å². The van der Waals surface area contributed by atoms with E-state index in [2.05, 4.69) is 10.2 Å². The Bertz CT molecular complexity index is 1800. The number of carbonyl (C=O) groups excluding carboxylic acids is 2. The largest absolute Gasteiger partial charge is 0.392 e. The number of rotatable bonds is 14. The van der Waals surface area contributed by atoms with E-state index in [0.717, 1.165) is 52.0 Å². The summed E-state index contributed by atoms with van der Waals surface area (Å²) in [5.74, 6) is -0.550. The molecule has 3 unspecified atom stereocenters. The molecule has 0 aliphatic carbocycles. The SMILES string of the molecule is O=C(CCCCC(=O)NCc1ccccc1-c1ccc(C2OC(CN3CCC(O)(c4ccc(Cl)cc4)CC3)CC(c3ccc(CO)cc3)O2)cc1)NO. The number of hydroxylamine groups is 1. The normalized spacial score (nSPS) is 20.1. The smallest absolute Gasteiger partial charge is 0.243 e. The van der Waals surface area contributed by atoms with Crippen LogP contribution in [0, 0.1) is 0 Å². The summed E-state index contributed by atoms with van der Waals surface area (Å²) in [5, 5.41) is 33.3. The third kappa shape index (κ3) is 10.3. The molecule has 280 valence electrons. The topological polar surface area (TPSA) is 141 Å². The molecule has 2 saturated heterocycles. The molecule has 4 aromatic rings. The second-order valence-electron chi connectivity index (χ2n) is 14.0. The van der Waals surface area contributed by atoms with E-state index in [1.54, 1.807) is 5.48 Å². The summed E-state index contributed by atoms with van der Waals surface area (Å²) in [5.41, 5.74) is 7.37. The van der Waals surface area contributed by atoms with Gasteiger partial charge in [0.2, 0.25) is 11.8 Å². The van der Waals surface area contributed by atoms with Gasteiger partial charge in [0, 0.05) is 56.0 Å². The molecule has 0 bridgehead atoms. The molecule has 0 spiro atoms. The molecule has 0 saturated carbocycles. The Kier molecular flexibility index (Phi) is 13.3. The molecular weight excluding hydrogens is 694 g/mol. The molecule has 6 rings (SSSR count). The van der Waals surface area contributed by atoms with Crippen LogP contribution in [0.25, 0.3) is 11.1 Å². The molecule has 5 N–H and O–H groups in total. The van der Waals surface area contributed by atoms with Crippen molar-refractivity contribution in [2.24, 2.45) is 0 Å². The lowest BCUT2D eigenvalue weighted by atomic mass is 9.84. The van der Waals surface area contributed by atoms with Gasteiger partial charge in [-0.25, -0.2) is 5.48 Å². The summed E-state index contributed by atoms with van der Waals surface area (Å²) in [6.07, 6.45) is 2.52. The fraction of sp³-hybridized carbons (Fsp3) is 0.381. The predicted octanol–water partition coefficient (Wildman–Crippen LogP) is 6.71. The summed E-state index contributed by atoms with van der Waals surface area (Å²) >= 11 is 6.09. The molecule has 0 radical (unpaired) electrons. The van der Waals surface area contributed by atoms with Gasteiger partial charge in [0.1, 0.15) is 0 Å². The molecule has 2 fully saturated rings. The molecule has 0 aromatic heterocycles. The van der Waals surface area contributed by atoms with Gasteiger partial charge in [-0.15, -0.1) is 0 Å². The van der Waals surface area contributed by atoms with E-state index in [0.29, 0.717) is 56.6 Å². The van der Waals surface area contributed by atoms with Crippen LogP contribution in [0.3, 0.4) is 0 Å². The summed E-state index contributed by atoms with van der Waals surface area (Å²) < 4.78 is 13.3. The number of carbonyl (C=O) groups is 2. The summed E-state index contributed by atoms with van der Waals surface area (Å²) in [4.78, 5) is 26.1. The molecule has 53 heavy (non-hydrogen) atoms. The van der Waals surface area contributed by atoms with Gasteiger partial charge in [0.05, 0.1) is 24.4 Å². The molecule has 2 heterocycles. The number of aliphatic hydroxyl groups excluding tert-OH is 1. The van der Waals surface area contributed by atoms with Gasteiger partial charge in [-0.2, -0.15) is 0 Å². The minimum atomic E-state index is -0.884. The first-order valence-corrected chi connectivity index (χ1v) is 18.7. The first-order chi connectivity index (χ1) is 25.7. The average molecular weight is 742 g/mol. The molecule has 10 nitrogen and oxygen atoms in total. The van der Waals surface area contributed by atoms with Gasteiger partial charge in [-0.1, -0.05) is 96.5 Å². The lowest BCUT2D eigenvalue weighted by Gasteiger charge is -2.42. The average Bonchev–Trinajstić information content (AvgIpc) is 3.20. The summed E-state index contributed by atoms with van der Waals surface area (Å²) in [6, 6.07) is 31.4. The van der Waals surface area contributed by atoms with Gasteiger partial charge in [0.25, 0.3) is 0 Å². The number of halogens is 1. The quantitative estimate of drug-likeness (QED) is 0.0546. The second-order valence-corrected chi connectivity index (χ2v) is 14.4. The van der Waals surface area contributed by atoms with Crippen LogP contribution >= 0.6 is 11.6 Å². The van der Waals surface area contributed by atoms with Gasteiger partial charge in [-0.05, 0) is 71.2 Å². The lowest BCUT2D eigenvalue weighted by molar-refractivity contribution is -0.253. The Morgan fingerprint density at radius 3 is 2.17 bits per heavy atom. The predicted molar refractivity (Wildman–Crippen MR) is 202 cm³/mol. The number of nitrogens with one attached hydrogen (secondary N) is 2. The summed E-state index contributed by atoms with van der Waals surface area (Å²) in [6.45, 7) is 2.52. The number of hydrogen-bond acceptors (Lipinski definition) is 8. The van der Waals surface area contributed by atoms with Gasteiger partial charge < -0.3 is 29.9 Å². The van der Waals surface area contributed by atoms with Gasteiger partial charge in [-0.3, -0.25) is 14.8 Å². The van der Waals surface area contributed by atoms with Crippen LogP contribution in [0.15, 0.2) is 97.1 Å². The van der Waals surface area contributed by atoms with Crippen LogP contribution in [0.5, 0.6) is 0 Å². The molecule has 4 aromatic carbocycles. The van der Waals surface area contributed by atoms with E-state index in [9.17, 15) is 19.8 Å². The van der Waals surface area contributed by atoms with E-state index in [1.165, 1.54) is 0 Å². The van der Waals surface area contributed by atoms with Crippen LogP contribution in [0.4, 0.5) is 0 Å². The number of unbranched alkanes of at least 4 members (excludes halogenated alkanes) is 1. The summed E-state index contributed by atoms with van der Waals surface area (Å²) in [7, 11) is 0. The monoisotopic (exact) mass is 741 g/mol. The highest BCUT2D eigenvalue weighted by molar-refractivity contribution is 6.30. The molecule has 2 aliphatic heterocycles. The third-order valence-electron chi connectivity index (χ3n) is 10.3. The van der Waals surface area contributed by atoms with Crippen LogP contribution < -0.4 is 10.8 Å². The van der Waals surface area contributed by atoms with Crippen molar-refractivity contribution in [2.45, 2.75) is 82.2 Å². The number of aliphatic hydroxyl groups is 2. The Morgan fingerprint density at radius 1 is 0.830 bits per heavy atom. The minimum absolute atomic E-state index is 0.0211. The first-order valence-electron chi connectivity index (χ1n) is 18.3. The highest BCUT2D eigenvalue weighted by atomic mass is 35.5. The zero-order valence-corrected chi connectivity index (χ0v) is 30.5. The van der Waals surface area contributed by atoms with E-state index in [1.807, 2.05) is 97.1 Å². The Labute approximate surface area is 315 Å². The highest BCUT2D eigenvalue weighted by Gasteiger charge is 2.37. The number of likely N-dealkylation sites (tertiary alicyclic amines) is 1. The van der Waals surface area contributed by atoms with E-state index >= 15 is 0 Å². The van der Waals surface area contributed by atoms with E-state index in [-0.39, 0.29) is 31.1 Å². The number of amides is 2. The molecule has 2 amide bonds. The molecule has 3 atom stereocenters. The van der Waals surface area contributed by atoms with Crippen molar-refractivity contribution < 1.29 is 34.5 Å². The van der Waals surface area contributed by atoms with Crippen LogP contribution in [-0.4, -0.2) is 57.9 Å². The Hall–Kier alpha value is -4.13. The van der Waals surface area contributed by atoms with Crippen molar-refractivity contribution in [3.8, 4) is 11.1 Å². The number of hydrogen-bond donors (Lipinski definition) is 5. The fourth-order valence-corrected chi connectivity index (χ4v) is 7.29. The third-order valence-corrected chi connectivity index (χ3v) is 10.6. The second kappa shape index (κ2) is 18.3. The minimum Gasteiger partial charge on any atom is -0.392 e. The van der Waals surface area contributed by atoms with Crippen molar-refractivity contribution >= 4 is 23.4 Å². The van der Waals surface area contributed by atoms with Crippen LogP contribution in [0.2, 0.25) is 5.02 Å². The van der Waals surface area contributed by atoms with Crippen molar-refractivity contribution in [3.05, 3.63) is 130 Å². The number of benzene rings is 4. The number of piperidine rings is 1. The highest BCUT2D eigenvalue weighted by Crippen LogP contribution is 2.40. The zero-order valence-electron chi connectivity index (χ0n) is 29.8. The fourth-order valence-electron chi connectivity index (χ4n) is 7.16. The van der Waals surface area contributed by atoms with Crippen molar-refractivity contribution in [3.63, 3.8) is 0 Å². The molecule has 2 aliphatic rings. The molecular formula is C42H48ClN3O7. The number of ether oxygens (including phenoxy) is 2. The standard InChI is InChI=1S/C42H48ClN3O7/c43-35-19-17-34(18-20-35)42(50)21-23-46(24-22-42)27-36-25-38(31-11-9-29(28-47)10-12-31)53-41(52-36)32-15-13-30(14-16-32)37-6-2-1-5-33(37)26-44-39(48)7-3-4-8-40(49)45-51/h1-2,5-6,9-20,36,38,41,47,50-51H,3-4,7-8,21-28H2,(H,44,48)(H,45,49). The van der Waals surface area contributed by atoms with Crippen molar-refractivity contribution in [1.29, 1.82) is 0 Å². The Balaban J connectivity index is 1.12. The van der Waals surface area contributed by atoms with Crippen LogP contribution in [-0.2, 0) is 37.8 Å².